The van der Waals surface area contributed by atoms with Gasteiger partial charge in [0.05, 0.1) is 0 Å². The van der Waals surface area contributed by atoms with Crippen molar-refractivity contribution in [2.45, 2.75) is 6.92 Å². The summed E-state index contributed by atoms with van der Waals surface area (Å²) in [4.78, 5) is 0. The van der Waals surface area contributed by atoms with Crippen LogP contribution in [0.3, 0.4) is 0 Å². The molecule has 0 bridgehead atoms. The normalized spacial score (nSPS) is 34.5. The van der Waals surface area contributed by atoms with E-state index in [9.17, 15) is 0 Å². The minimum atomic E-state index is 0.687. The number of halogens is 2. The first kappa shape index (κ1) is 5.47. The first-order chi connectivity index (χ1) is 2.89. The Morgan fingerprint density at radius 3 is 3.00 bits per heavy atom. The summed E-state index contributed by atoms with van der Waals surface area (Å²) in [7, 11) is 0. The second-order valence-electron chi connectivity index (χ2n) is 1.44. The average molecular weight is 309 g/mol. The summed E-state index contributed by atoms with van der Waals surface area (Å²) in [6, 6.07) is 0. The van der Waals surface area contributed by atoms with Crippen molar-refractivity contribution < 1.29 is 17.2 Å². The van der Waals surface area contributed by atoms with Gasteiger partial charge in [-0.15, -0.1) is 0 Å². The van der Waals surface area contributed by atoms with Crippen molar-refractivity contribution in [3.63, 3.8) is 0 Å². The third kappa shape index (κ3) is 1.44. The van der Waals surface area contributed by atoms with E-state index in [-0.39, 0.29) is 0 Å². The monoisotopic (exact) mass is 309 g/mol. The number of hydrogen-bond acceptors (Lipinski definition) is 0. The Labute approximate surface area is 54.7 Å². The van der Waals surface area contributed by atoms with Crippen molar-refractivity contribution in [1.29, 1.82) is 0 Å². The van der Waals surface area contributed by atoms with Crippen LogP contribution in [-0.2, 0) is 0 Å². The van der Waals surface area contributed by atoms with Crippen LogP contribution in [0.15, 0.2) is 0 Å². The first-order valence-electron chi connectivity index (χ1n) is 1.95. The van der Waals surface area contributed by atoms with Crippen molar-refractivity contribution in [1.82, 2.24) is 0 Å². The topological polar surface area (TPSA) is 0 Å². The van der Waals surface area contributed by atoms with Crippen LogP contribution >= 0.6 is 16.8 Å². The quantitative estimate of drug-likeness (QED) is 0.374. The summed E-state index contributed by atoms with van der Waals surface area (Å²) in [6.45, 7) is 2.34. The SMILES string of the molecule is CC1C=I[I-]C1. The first-order valence-corrected chi connectivity index (χ1v) is 11.0. The minimum absolute atomic E-state index is 0.687. The standard InChI is InChI=1S/C4H7I2/c1-4-2-5-6-3-4/h2,4H,3H2,1H3/q-1. The molecular weight excluding hydrogens is 302 g/mol. The fourth-order valence-electron chi connectivity index (χ4n) is 0.274. The Hall–Kier alpha value is 1.33. The fourth-order valence-corrected chi connectivity index (χ4v) is 12.3. The number of hydrogen-bond donors (Lipinski definition) is 0. The van der Waals surface area contributed by atoms with Crippen LogP contribution in [0.2, 0.25) is 0 Å². The third-order valence-corrected chi connectivity index (χ3v) is 10.5. The molecular formula is C4H7I2-. The molecule has 0 saturated carbocycles. The Balaban J connectivity index is 2.38. The molecule has 0 amide bonds. The maximum atomic E-state index is 2.56. The Morgan fingerprint density at radius 1 is 2.00 bits per heavy atom. The van der Waals surface area contributed by atoms with E-state index in [1.807, 2.05) is 0 Å². The van der Waals surface area contributed by atoms with Crippen LogP contribution in [0, 0.1) is 5.92 Å². The van der Waals surface area contributed by atoms with Crippen LogP contribution in [0.5, 0.6) is 0 Å². The van der Waals surface area contributed by atoms with Crippen LogP contribution in [0.4, 0.5) is 0 Å². The van der Waals surface area contributed by atoms with Crippen LogP contribution in [-0.4, -0.2) is 8.44 Å². The summed E-state index contributed by atoms with van der Waals surface area (Å²) in [6.07, 6.45) is 0. The van der Waals surface area contributed by atoms with Gasteiger partial charge in [0.1, 0.15) is 0 Å². The molecule has 0 fully saturated rings. The zero-order valence-electron chi connectivity index (χ0n) is 3.62. The predicted octanol–water partition coefficient (Wildman–Crippen LogP) is -1.59. The van der Waals surface area contributed by atoms with Gasteiger partial charge in [-0.1, -0.05) is 0 Å². The van der Waals surface area contributed by atoms with Gasteiger partial charge in [0.2, 0.25) is 0 Å². The second-order valence-corrected chi connectivity index (χ2v) is 11.1. The van der Waals surface area contributed by atoms with E-state index >= 15 is 0 Å². The van der Waals surface area contributed by atoms with Gasteiger partial charge in [-0.25, -0.2) is 0 Å². The van der Waals surface area contributed by atoms with Gasteiger partial charge in [0.25, 0.3) is 0 Å². The van der Waals surface area contributed by atoms with E-state index in [4.69, 9.17) is 0 Å². The van der Waals surface area contributed by atoms with E-state index in [0.717, 1.165) is 23.1 Å². The van der Waals surface area contributed by atoms with E-state index in [2.05, 4.69) is 10.9 Å². The third-order valence-electron chi connectivity index (χ3n) is 0.623. The molecule has 0 spiro atoms. The molecule has 1 aliphatic heterocycles. The van der Waals surface area contributed by atoms with E-state index in [1.54, 1.807) is 4.43 Å². The van der Waals surface area contributed by atoms with Crippen molar-refractivity contribution >= 4 is 20.8 Å². The second kappa shape index (κ2) is 2.59. The zero-order valence-corrected chi connectivity index (χ0v) is 7.93. The van der Waals surface area contributed by atoms with E-state index in [1.165, 1.54) is 0 Å². The molecule has 0 aliphatic carbocycles. The molecule has 38 valence electrons. The van der Waals surface area contributed by atoms with Crippen molar-refractivity contribution in [2.24, 2.45) is 5.92 Å². The number of rotatable bonds is 0. The number of alkyl halides is 1. The molecule has 0 aromatic rings. The van der Waals surface area contributed by atoms with Gasteiger partial charge in [-0.2, -0.15) is 0 Å². The van der Waals surface area contributed by atoms with Gasteiger partial charge >= 0.3 is 55.3 Å². The molecule has 0 aromatic carbocycles. The molecule has 2 heteroatoms. The van der Waals surface area contributed by atoms with Gasteiger partial charge in [-0.3, -0.25) is 0 Å². The molecule has 1 unspecified atom stereocenters. The van der Waals surface area contributed by atoms with Crippen molar-refractivity contribution in [3.8, 4) is 0 Å². The summed E-state index contributed by atoms with van der Waals surface area (Å²) < 4.78 is 4.15. The molecule has 1 atom stereocenters. The van der Waals surface area contributed by atoms with Gasteiger partial charge in [0.15, 0.2) is 0 Å². The Bertz CT molecular complexity index is 67.9. The maximum absolute atomic E-state index is 2.56. The molecule has 1 rings (SSSR count). The van der Waals surface area contributed by atoms with Crippen molar-refractivity contribution in [2.75, 3.05) is 4.43 Å². The Kier molecular flexibility index (Phi) is 2.36. The Morgan fingerprint density at radius 2 is 2.83 bits per heavy atom. The molecule has 0 radical (unpaired) electrons. The van der Waals surface area contributed by atoms with Crippen LogP contribution < -0.4 is 17.2 Å². The summed E-state index contributed by atoms with van der Waals surface area (Å²) in [5, 5.41) is 0. The van der Waals surface area contributed by atoms with E-state index < -0.39 is 0 Å². The van der Waals surface area contributed by atoms with Crippen LogP contribution in [0.25, 0.3) is 0 Å². The van der Waals surface area contributed by atoms with Gasteiger partial charge in [0, 0.05) is 0 Å². The predicted molar refractivity (Wildman–Crippen MR) is 34.1 cm³/mol. The van der Waals surface area contributed by atoms with Gasteiger partial charge < -0.3 is 0 Å². The van der Waals surface area contributed by atoms with Crippen LogP contribution in [0.1, 0.15) is 6.92 Å². The summed E-state index contributed by atoms with van der Waals surface area (Å²) in [5.41, 5.74) is 0. The zero-order chi connectivity index (χ0) is 4.41. The molecule has 0 saturated heterocycles. The van der Waals surface area contributed by atoms with Gasteiger partial charge in [-0.05, 0) is 0 Å². The molecule has 1 aliphatic rings. The van der Waals surface area contributed by atoms with Crippen molar-refractivity contribution in [3.05, 3.63) is 0 Å². The molecule has 0 N–H and O–H groups in total. The average Bonchev–Trinajstić information content (AvgIpc) is 1.86. The summed E-state index contributed by atoms with van der Waals surface area (Å²) in [5.74, 6) is 1.02. The molecule has 0 nitrogen and oxygen atoms in total. The summed E-state index contributed by atoms with van der Waals surface area (Å²) >= 11 is 1.44. The van der Waals surface area contributed by atoms with E-state index in [0.29, 0.717) is 16.8 Å². The molecule has 1 heterocycles. The molecule has 0 aromatic heterocycles. The fraction of sp³-hybridized carbons (Fsp3) is 0.750. The molecule has 6 heavy (non-hydrogen) atoms.